The van der Waals surface area contributed by atoms with E-state index in [0.29, 0.717) is 21.8 Å². The number of carboxylic acid groups (broad SMARTS) is 1. The number of benzene rings is 2. The van der Waals surface area contributed by atoms with Gasteiger partial charge in [0, 0.05) is 5.56 Å². The number of carbonyl (C=O) groups excluding carboxylic acids is 2. The van der Waals surface area contributed by atoms with E-state index in [2.05, 4.69) is 5.32 Å². The van der Waals surface area contributed by atoms with Crippen LogP contribution in [0.1, 0.15) is 11.1 Å². The lowest BCUT2D eigenvalue weighted by molar-refractivity contribution is -0.140. The SMILES string of the molecule is O=C(O)CN1C(=O)N/C(=C/c2ccc(OCc3ccccc3F)cc2)C1=O. The van der Waals surface area contributed by atoms with E-state index in [1.807, 2.05) is 0 Å². The van der Waals surface area contributed by atoms with Gasteiger partial charge in [-0.25, -0.2) is 14.1 Å². The summed E-state index contributed by atoms with van der Waals surface area (Å²) in [6.07, 6.45) is 1.43. The third-order valence-electron chi connectivity index (χ3n) is 3.80. The summed E-state index contributed by atoms with van der Waals surface area (Å²) in [6.45, 7) is -0.628. The van der Waals surface area contributed by atoms with Gasteiger partial charge in [-0.2, -0.15) is 0 Å². The fourth-order valence-electron chi connectivity index (χ4n) is 2.45. The van der Waals surface area contributed by atoms with Crippen LogP contribution < -0.4 is 10.1 Å². The van der Waals surface area contributed by atoms with E-state index < -0.39 is 24.5 Å². The summed E-state index contributed by atoms with van der Waals surface area (Å²) in [5, 5.41) is 11.1. The first-order valence-electron chi connectivity index (χ1n) is 7.96. The van der Waals surface area contributed by atoms with Crippen molar-refractivity contribution in [1.29, 1.82) is 0 Å². The molecule has 2 aromatic rings. The van der Waals surface area contributed by atoms with Crippen LogP contribution in [0.25, 0.3) is 6.08 Å². The highest BCUT2D eigenvalue weighted by Gasteiger charge is 2.34. The largest absolute Gasteiger partial charge is 0.489 e. The Morgan fingerprint density at radius 3 is 2.52 bits per heavy atom. The van der Waals surface area contributed by atoms with Crippen LogP contribution in [0.5, 0.6) is 5.75 Å². The Hall–Kier alpha value is -3.68. The summed E-state index contributed by atoms with van der Waals surface area (Å²) in [5.41, 5.74) is 1.02. The van der Waals surface area contributed by atoms with Gasteiger partial charge in [-0.1, -0.05) is 30.3 Å². The second-order valence-electron chi connectivity index (χ2n) is 5.72. The van der Waals surface area contributed by atoms with E-state index >= 15 is 0 Å². The maximum atomic E-state index is 13.6. The molecule has 1 fully saturated rings. The summed E-state index contributed by atoms with van der Waals surface area (Å²) >= 11 is 0. The second-order valence-corrected chi connectivity index (χ2v) is 5.72. The molecule has 0 saturated carbocycles. The summed E-state index contributed by atoms with van der Waals surface area (Å²) < 4.78 is 19.1. The quantitative estimate of drug-likeness (QED) is 0.601. The van der Waals surface area contributed by atoms with Gasteiger partial charge in [-0.15, -0.1) is 0 Å². The van der Waals surface area contributed by atoms with E-state index in [9.17, 15) is 18.8 Å². The molecule has 0 spiro atoms. The molecule has 1 heterocycles. The Labute approximate surface area is 153 Å². The Morgan fingerprint density at radius 1 is 1.15 bits per heavy atom. The molecule has 0 unspecified atom stereocenters. The summed E-state index contributed by atoms with van der Waals surface area (Å²) in [5.74, 6) is -1.83. The van der Waals surface area contributed by atoms with Gasteiger partial charge in [-0.3, -0.25) is 9.59 Å². The normalized spacial score (nSPS) is 15.1. The zero-order valence-electron chi connectivity index (χ0n) is 14.0. The van der Waals surface area contributed by atoms with Crippen molar-refractivity contribution in [3.63, 3.8) is 0 Å². The molecular weight excluding hydrogens is 355 g/mol. The molecule has 0 aromatic heterocycles. The first-order chi connectivity index (χ1) is 12.9. The van der Waals surface area contributed by atoms with Gasteiger partial charge in [0.1, 0.15) is 30.4 Å². The van der Waals surface area contributed by atoms with Gasteiger partial charge in [0.05, 0.1) is 0 Å². The number of hydrogen-bond acceptors (Lipinski definition) is 4. The number of amides is 3. The summed E-state index contributed by atoms with van der Waals surface area (Å²) in [7, 11) is 0. The number of rotatable bonds is 6. The highest BCUT2D eigenvalue weighted by Crippen LogP contribution is 2.18. The average Bonchev–Trinajstić information content (AvgIpc) is 2.89. The van der Waals surface area contributed by atoms with Crippen LogP contribution >= 0.6 is 0 Å². The molecular formula is C19H15FN2O5. The van der Waals surface area contributed by atoms with Crippen molar-refractivity contribution in [2.45, 2.75) is 6.61 Å². The molecule has 0 atom stereocenters. The number of imide groups is 1. The van der Waals surface area contributed by atoms with Crippen LogP contribution in [-0.2, 0) is 16.2 Å². The number of nitrogens with one attached hydrogen (secondary N) is 1. The lowest BCUT2D eigenvalue weighted by atomic mass is 10.2. The molecule has 7 nitrogen and oxygen atoms in total. The van der Waals surface area contributed by atoms with Crippen molar-refractivity contribution in [2.24, 2.45) is 0 Å². The van der Waals surface area contributed by atoms with Crippen molar-refractivity contribution in [1.82, 2.24) is 10.2 Å². The molecule has 2 aromatic carbocycles. The van der Waals surface area contributed by atoms with E-state index in [4.69, 9.17) is 9.84 Å². The van der Waals surface area contributed by atoms with Gasteiger partial charge in [-0.05, 0) is 29.8 Å². The zero-order chi connectivity index (χ0) is 19.4. The number of aliphatic carboxylic acids is 1. The fourth-order valence-corrected chi connectivity index (χ4v) is 2.45. The first kappa shape index (κ1) is 18.1. The minimum Gasteiger partial charge on any atom is -0.489 e. The summed E-state index contributed by atoms with van der Waals surface area (Å²) in [6, 6.07) is 12.1. The summed E-state index contributed by atoms with van der Waals surface area (Å²) in [4.78, 5) is 35.0. The smallest absolute Gasteiger partial charge is 0.329 e. The predicted octanol–water partition coefficient (Wildman–Crippen LogP) is 2.38. The maximum Gasteiger partial charge on any atom is 0.329 e. The van der Waals surface area contributed by atoms with Crippen LogP contribution in [0.3, 0.4) is 0 Å². The Balaban J connectivity index is 1.66. The lowest BCUT2D eigenvalue weighted by Gasteiger charge is -2.07. The van der Waals surface area contributed by atoms with Crippen molar-refractivity contribution >= 4 is 24.0 Å². The predicted molar refractivity (Wildman–Crippen MR) is 93.0 cm³/mol. The van der Waals surface area contributed by atoms with E-state index in [1.54, 1.807) is 42.5 Å². The Kier molecular flexibility index (Phi) is 5.16. The molecule has 3 rings (SSSR count). The monoisotopic (exact) mass is 370 g/mol. The van der Waals surface area contributed by atoms with Crippen molar-refractivity contribution < 1.29 is 28.6 Å². The molecule has 27 heavy (non-hydrogen) atoms. The number of ether oxygens (including phenoxy) is 1. The van der Waals surface area contributed by atoms with Gasteiger partial charge in [0.25, 0.3) is 5.91 Å². The molecule has 1 aliphatic heterocycles. The topological polar surface area (TPSA) is 95.9 Å². The molecule has 8 heteroatoms. The number of halogens is 1. The van der Waals surface area contributed by atoms with Gasteiger partial charge in [0.15, 0.2) is 0 Å². The lowest BCUT2D eigenvalue weighted by Crippen LogP contribution is -2.35. The molecule has 1 aliphatic rings. The highest BCUT2D eigenvalue weighted by atomic mass is 19.1. The second kappa shape index (κ2) is 7.69. The third kappa shape index (κ3) is 4.30. The maximum absolute atomic E-state index is 13.6. The third-order valence-corrected chi connectivity index (χ3v) is 3.80. The molecule has 138 valence electrons. The van der Waals surface area contributed by atoms with Gasteiger partial charge >= 0.3 is 12.0 Å². The fraction of sp³-hybridized carbons (Fsp3) is 0.105. The van der Waals surface area contributed by atoms with Crippen molar-refractivity contribution in [2.75, 3.05) is 6.54 Å². The van der Waals surface area contributed by atoms with Crippen molar-refractivity contribution in [3.8, 4) is 5.75 Å². The Morgan fingerprint density at radius 2 is 1.85 bits per heavy atom. The molecule has 0 aliphatic carbocycles. The first-order valence-corrected chi connectivity index (χ1v) is 7.96. The molecule has 0 bridgehead atoms. The van der Waals surface area contributed by atoms with Gasteiger partial charge < -0.3 is 15.2 Å². The van der Waals surface area contributed by atoms with Crippen LogP contribution in [0.2, 0.25) is 0 Å². The van der Waals surface area contributed by atoms with Crippen LogP contribution in [0.4, 0.5) is 9.18 Å². The molecule has 2 N–H and O–H groups in total. The van der Waals surface area contributed by atoms with E-state index in [-0.39, 0.29) is 18.1 Å². The number of urea groups is 1. The number of carboxylic acids is 1. The van der Waals surface area contributed by atoms with Crippen LogP contribution in [0.15, 0.2) is 54.2 Å². The van der Waals surface area contributed by atoms with Crippen molar-refractivity contribution in [3.05, 3.63) is 71.2 Å². The molecule has 3 amide bonds. The standard InChI is InChI=1S/C19H15FN2O5/c20-15-4-2-1-3-13(15)11-27-14-7-5-12(6-8-14)9-16-18(25)22(10-17(23)24)19(26)21-16/h1-9H,10-11H2,(H,21,26)(H,23,24)/b16-9+. The van der Waals surface area contributed by atoms with E-state index in [1.165, 1.54) is 12.1 Å². The Bertz CT molecular complexity index is 924. The number of carbonyl (C=O) groups is 3. The van der Waals surface area contributed by atoms with Gasteiger partial charge in [0.2, 0.25) is 0 Å². The van der Waals surface area contributed by atoms with E-state index in [0.717, 1.165) is 0 Å². The minimum absolute atomic E-state index is 0.0127. The van der Waals surface area contributed by atoms with Crippen LogP contribution in [0, 0.1) is 5.82 Å². The highest BCUT2D eigenvalue weighted by molar-refractivity contribution is 6.15. The minimum atomic E-state index is -1.28. The zero-order valence-corrected chi connectivity index (χ0v) is 14.0. The molecule has 0 radical (unpaired) electrons. The number of nitrogens with zero attached hydrogens (tertiary/aromatic N) is 1. The molecule has 1 saturated heterocycles. The average molecular weight is 370 g/mol. The number of hydrogen-bond donors (Lipinski definition) is 2. The van der Waals surface area contributed by atoms with Crippen LogP contribution in [-0.4, -0.2) is 34.5 Å².